The highest BCUT2D eigenvalue weighted by atomic mass is 14.8. The lowest BCUT2D eigenvalue weighted by atomic mass is 10.1. The molecular formula is C10H15N3. The summed E-state index contributed by atoms with van der Waals surface area (Å²) >= 11 is 0. The minimum atomic E-state index is 0.310. The van der Waals surface area contributed by atoms with Crippen LogP contribution < -0.4 is 5.73 Å². The largest absolute Gasteiger partial charge is 0.330 e. The molecule has 0 aromatic carbocycles. The van der Waals surface area contributed by atoms with E-state index >= 15 is 0 Å². The molecule has 70 valence electrons. The zero-order valence-corrected chi connectivity index (χ0v) is 8.07. The zero-order chi connectivity index (χ0) is 9.47. The smallest absolute Gasteiger partial charge is 0.0626 e. The van der Waals surface area contributed by atoms with Gasteiger partial charge in [0, 0.05) is 24.5 Å². The van der Waals surface area contributed by atoms with Crippen LogP contribution in [0.25, 0.3) is 0 Å². The third kappa shape index (κ3) is 1.23. The number of hydrogen-bond donors (Lipinski definition) is 1. The van der Waals surface area contributed by atoms with E-state index in [1.54, 1.807) is 12.4 Å². The fourth-order valence-corrected chi connectivity index (χ4v) is 2.24. The quantitative estimate of drug-likeness (QED) is 0.738. The van der Waals surface area contributed by atoms with Crippen LogP contribution in [0.5, 0.6) is 0 Å². The maximum atomic E-state index is 5.69. The van der Waals surface area contributed by atoms with Crippen molar-refractivity contribution in [3.63, 3.8) is 0 Å². The van der Waals surface area contributed by atoms with Crippen LogP contribution in [0.1, 0.15) is 25.5 Å². The van der Waals surface area contributed by atoms with Crippen molar-refractivity contribution in [2.45, 2.75) is 19.8 Å². The van der Waals surface area contributed by atoms with E-state index in [1.165, 1.54) is 0 Å². The third-order valence-electron chi connectivity index (χ3n) is 3.21. The van der Waals surface area contributed by atoms with Gasteiger partial charge in [0.05, 0.1) is 5.69 Å². The van der Waals surface area contributed by atoms with Crippen molar-refractivity contribution in [3.05, 3.63) is 24.3 Å². The van der Waals surface area contributed by atoms with Crippen molar-refractivity contribution in [1.82, 2.24) is 9.97 Å². The molecule has 1 saturated carbocycles. The molecule has 1 aromatic heterocycles. The van der Waals surface area contributed by atoms with Crippen LogP contribution in [-0.4, -0.2) is 16.5 Å². The van der Waals surface area contributed by atoms with Crippen LogP contribution in [0, 0.1) is 11.3 Å². The summed E-state index contributed by atoms with van der Waals surface area (Å²) < 4.78 is 0. The van der Waals surface area contributed by atoms with E-state index in [2.05, 4.69) is 23.8 Å². The molecule has 1 aliphatic rings. The van der Waals surface area contributed by atoms with Gasteiger partial charge in [-0.3, -0.25) is 9.97 Å². The van der Waals surface area contributed by atoms with Gasteiger partial charge in [0.25, 0.3) is 0 Å². The van der Waals surface area contributed by atoms with Gasteiger partial charge in [-0.2, -0.15) is 0 Å². The molecule has 0 amide bonds. The van der Waals surface area contributed by atoms with Gasteiger partial charge in [-0.15, -0.1) is 0 Å². The Bertz CT molecular complexity index is 294. The predicted octanol–water partition coefficient (Wildman–Crippen LogP) is 1.17. The normalized spacial score (nSPS) is 30.1. The lowest BCUT2D eigenvalue weighted by molar-refractivity contribution is 0.557. The molecule has 13 heavy (non-hydrogen) atoms. The number of aromatic nitrogens is 2. The van der Waals surface area contributed by atoms with Crippen molar-refractivity contribution in [3.8, 4) is 0 Å². The van der Waals surface area contributed by atoms with Crippen LogP contribution >= 0.6 is 0 Å². The molecule has 1 fully saturated rings. The molecule has 2 atom stereocenters. The van der Waals surface area contributed by atoms with Gasteiger partial charge in [0.15, 0.2) is 0 Å². The van der Waals surface area contributed by atoms with Gasteiger partial charge in [0.2, 0.25) is 0 Å². The van der Waals surface area contributed by atoms with Gasteiger partial charge in [-0.25, -0.2) is 0 Å². The lowest BCUT2D eigenvalue weighted by Gasteiger charge is -2.00. The minimum absolute atomic E-state index is 0.310. The number of nitrogens with two attached hydrogens (primary N) is 1. The lowest BCUT2D eigenvalue weighted by Crippen LogP contribution is -2.05. The Kier molecular flexibility index (Phi) is 1.84. The van der Waals surface area contributed by atoms with Crippen LogP contribution in [0.3, 0.4) is 0 Å². The standard InChI is InChI=1S/C10H15N3/c1-10(2)7(5-11)9(10)8-6-12-3-4-13-8/h3-4,6-7,9H,5,11H2,1-2H3/t7-,9+/m1/s1. The van der Waals surface area contributed by atoms with Gasteiger partial charge >= 0.3 is 0 Å². The third-order valence-corrected chi connectivity index (χ3v) is 3.21. The fourth-order valence-electron chi connectivity index (χ4n) is 2.24. The van der Waals surface area contributed by atoms with E-state index in [0.29, 0.717) is 17.3 Å². The topological polar surface area (TPSA) is 51.8 Å². The Morgan fingerprint density at radius 1 is 1.46 bits per heavy atom. The van der Waals surface area contributed by atoms with Crippen molar-refractivity contribution < 1.29 is 0 Å². The van der Waals surface area contributed by atoms with Crippen LogP contribution in [0.2, 0.25) is 0 Å². The highest BCUT2D eigenvalue weighted by Crippen LogP contribution is 2.63. The summed E-state index contributed by atoms with van der Waals surface area (Å²) in [5, 5.41) is 0. The number of nitrogens with zero attached hydrogens (tertiary/aromatic N) is 2. The second kappa shape index (κ2) is 2.77. The Morgan fingerprint density at radius 3 is 2.69 bits per heavy atom. The highest BCUT2D eigenvalue weighted by molar-refractivity contribution is 5.24. The second-order valence-electron chi connectivity index (χ2n) is 4.27. The highest BCUT2D eigenvalue weighted by Gasteiger charge is 2.58. The SMILES string of the molecule is CC1(C)[C@H](CN)[C@H]1c1cnccn1. The molecule has 2 N–H and O–H groups in total. The van der Waals surface area contributed by atoms with Crippen LogP contribution in [-0.2, 0) is 0 Å². The van der Waals surface area contributed by atoms with Gasteiger partial charge in [-0.05, 0) is 17.9 Å². The first-order chi connectivity index (χ1) is 6.18. The molecule has 0 bridgehead atoms. The fraction of sp³-hybridized carbons (Fsp3) is 0.600. The summed E-state index contributed by atoms with van der Waals surface area (Å²) in [7, 11) is 0. The molecule has 0 radical (unpaired) electrons. The molecular weight excluding hydrogens is 162 g/mol. The summed E-state index contributed by atoms with van der Waals surface area (Å²) in [6, 6.07) is 0. The number of hydrogen-bond acceptors (Lipinski definition) is 3. The Labute approximate surface area is 78.4 Å². The summed E-state index contributed by atoms with van der Waals surface area (Å²) in [5.74, 6) is 1.08. The summed E-state index contributed by atoms with van der Waals surface area (Å²) in [6.07, 6.45) is 5.30. The van der Waals surface area contributed by atoms with E-state index in [4.69, 9.17) is 5.73 Å². The average Bonchev–Trinajstić information content (AvgIpc) is 2.69. The first-order valence-corrected chi connectivity index (χ1v) is 4.64. The predicted molar refractivity (Wildman–Crippen MR) is 51.1 cm³/mol. The van der Waals surface area contributed by atoms with Crippen molar-refractivity contribution >= 4 is 0 Å². The maximum absolute atomic E-state index is 5.69. The molecule has 1 heterocycles. The Hall–Kier alpha value is -0.960. The first kappa shape index (κ1) is 8.63. The Balaban J connectivity index is 2.22. The van der Waals surface area contributed by atoms with Crippen molar-refractivity contribution in [2.75, 3.05) is 6.54 Å². The summed E-state index contributed by atoms with van der Waals surface area (Å²) in [4.78, 5) is 8.39. The molecule has 0 saturated heterocycles. The molecule has 1 aliphatic carbocycles. The number of rotatable bonds is 2. The van der Waals surface area contributed by atoms with E-state index in [9.17, 15) is 0 Å². The first-order valence-electron chi connectivity index (χ1n) is 4.64. The van der Waals surface area contributed by atoms with Gasteiger partial charge in [0.1, 0.15) is 0 Å². The molecule has 3 heteroatoms. The van der Waals surface area contributed by atoms with E-state index < -0.39 is 0 Å². The maximum Gasteiger partial charge on any atom is 0.0626 e. The van der Waals surface area contributed by atoms with Gasteiger partial charge in [-0.1, -0.05) is 13.8 Å². The zero-order valence-electron chi connectivity index (χ0n) is 8.07. The Morgan fingerprint density at radius 2 is 2.23 bits per heavy atom. The molecule has 1 aromatic rings. The molecule has 0 spiro atoms. The van der Waals surface area contributed by atoms with Crippen molar-refractivity contribution in [1.29, 1.82) is 0 Å². The molecule has 0 unspecified atom stereocenters. The monoisotopic (exact) mass is 177 g/mol. The minimum Gasteiger partial charge on any atom is -0.330 e. The second-order valence-corrected chi connectivity index (χ2v) is 4.27. The molecule has 0 aliphatic heterocycles. The molecule has 3 nitrogen and oxygen atoms in total. The van der Waals surface area contributed by atoms with Crippen molar-refractivity contribution in [2.24, 2.45) is 17.1 Å². The van der Waals surface area contributed by atoms with Gasteiger partial charge < -0.3 is 5.73 Å². The van der Waals surface area contributed by atoms with Crippen LogP contribution in [0.15, 0.2) is 18.6 Å². The van der Waals surface area contributed by atoms with Crippen LogP contribution in [0.4, 0.5) is 0 Å². The summed E-state index contributed by atoms with van der Waals surface area (Å²) in [5.41, 5.74) is 7.09. The molecule has 2 rings (SSSR count). The van der Waals surface area contributed by atoms with E-state index in [1.807, 2.05) is 6.20 Å². The average molecular weight is 177 g/mol. The van der Waals surface area contributed by atoms with E-state index in [-0.39, 0.29) is 0 Å². The summed E-state index contributed by atoms with van der Waals surface area (Å²) in [6.45, 7) is 5.22. The van der Waals surface area contributed by atoms with E-state index in [0.717, 1.165) is 12.2 Å².